The summed E-state index contributed by atoms with van der Waals surface area (Å²) >= 11 is 6.01. The van der Waals surface area contributed by atoms with Gasteiger partial charge in [0.1, 0.15) is 0 Å². The molecule has 19 heavy (non-hydrogen) atoms. The number of hydrogen-bond donors (Lipinski definition) is 1. The first kappa shape index (κ1) is 17.2. The van der Waals surface area contributed by atoms with Crippen LogP contribution in [0.15, 0.2) is 35.3 Å². The molecule has 3 heteroatoms. The quantitative estimate of drug-likeness (QED) is 0.292. The van der Waals surface area contributed by atoms with Crippen molar-refractivity contribution in [1.82, 2.24) is 5.32 Å². The summed E-state index contributed by atoms with van der Waals surface area (Å²) < 4.78 is 2.51. The Balaban J connectivity index is 2.60. The Labute approximate surface area is 139 Å². The average molecular weight is 436 g/mol. The maximum atomic E-state index is 3.77. The molecule has 0 saturated heterocycles. The van der Waals surface area contributed by atoms with E-state index in [1.807, 2.05) is 6.08 Å². The fraction of sp³-hybridized carbons (Fsp3) is 0.500. The molecule has 0 saturated carbocycles. The predicted octanol–water partition coefficient (Wildman–Crippen LogP) is 5.84. The second kappa shape index (κ2) is 9.94. The molecule has 0 bridgehead atoms. The molecule has 1 nitrogen and oxygen atoms in total. The monoisotopic (exact) mass is 435 g/mol. The van der Waals surface area contributed by atoms with E-state index in [1.165, 1.54) is 34.8 Å². The first-order valence-electron chi connectivity index (χ1n) is 6.98. The van der Waals surface area contributed by atoms with Gasteiger partial charge in [-0.2, -0.15) is 0 Å². The van der Waals surface area contributed by atoms with Crippen molar-refractivity contribution in [3.63, 3.8) is 0 Å². The van der Waals surface area contributed by atoms with Crippen molar-refractivity contribution in [2.24, 2.45) is 0 Å². The molecule has 1 aromatic rings. The summed E-state index contributed by atoms with van der Waals surface area (Å²) in [5.41, 5.74) is 1.42. The molecule has 0 aliphatic heterocycles. The van der Waals surface area contributed by atoms with Crippen LogP contribution in [0.1, 0.15) is 50.6 Å². The maximum Gasteiger partial charge on any atom is 0.0331 e. The van der Waals surface area contributed by atoms with Crippen molar-refractivity contribution < 1.29 is 0 Å². The predicted molar refractivity (Wildman–Crippen MR) is 96.6 cm³/mol. The lowest BCUT2D eigenvalue weighted by molar-refractivity contribution is 0.482. The van der Waals surface area contributed by atoms with Crippen molar-refractivity contribution in [3.05, 3.63) is 44.5 Å². The molecule has 0 aliphatic carbocycles. The van der Waals surface area contributed by atoms with Crippen molar-refractivity contribution in [1.29, 1.82) is 0 Å². The summed E-state index contributed by atoms with van der Waals surface area (Å²) in [6, 6.07) is 7.01. The molecule has 1 atom stereocenters. The van der Waals surface area contributed by atoms with Crippen LogP contribution in [-0.4, -0.2) is 6.54 Å². The van der Waals surface area contributed by atoms with E-state index in [0.29, 0.717) is 6.04 Å². The van der Waals surface area contributed by atoms with E-state index in [9.17, 15) is 0 Å². The van der Waals surface area contributed by atoms with Gasteiger partial charge >= 0.3 is 0 Å². The number of unbranched alkanes of at least 4 members (excludes halogenated alkanes) is 3. The van der Waals surface area contributed by atoms with Crippen LogP contribution < -0.4 is 5.32 Å². The molecule has 1 rings (SSSR count). The van der Waals surface area contributed by atoms with E-state index < -0.39 is 0 Å². The van der Waals surface area contributed by atoms with Crippen molar-refractivity contribution in [2.45, 2.75) is 45.1 Å². The lowest BCUT2D eigenvalue weighted by Gasteiger charge is -2.20. The van der Waals surface area contributed by atoms with Gasteiger partial charge in [0.25, 0.3) is 0 Å². The van der Waals surface area contributed by atoms with Crippen molar-refractivity contribution in [3.8, 4) is 0 Å². The van der Waals surface area contributed by atoms with Crippen LogP contribution in [0.5, 0.6) is 0 Å². The van der Waals surface area contributed by atoms with Gasteiger partial charge in [-0.1, -0.05) is 41.8 Å². The first-order chi connectivity index (χ1) is 9.19. The second-order valence-electron chi connectivity index (χ2n) is 4.70. The van der Waals surface area contributed by atoms with Gasteiger partial charge < -0.3 is 5.32 Å². The van der Waals surface area contributed by atoms with Gasteiger partial charge in [-0.25, -0.2) is 0 Å². The maximum absolute atomic E-state index is 3.77. The smallest absolute Gasteiger partial charge is 0.0331 e. The van der Waals surface area contributed by atoms with Crippen LogP contribution in [0.2, 0.25) is 0 Å². The average Bonchev–Trinajstić information content (AvgIpc) is 2.40. The van der Waals surface area contributed by atoms with E-state index in [-0.39, 0.29) is 0 Å². The molecule has 0 radical (unpaired) electrons. The van der Waals surface area contributed by atoms with Gasteiger partial charge in [0.15, 0.2) is 0 Å². The minimum Gasteiger partial charge on any atom is -0.310 e. The van der Waals surface area contributed by atoms with Gasteiger partial charge in [0.2, 0.25) is 0 Å². The molecule has 1 unspecified atom stereocenters. The fourth-order valence-electron chi connectivity index (χ4n) is 2.21. The summed E-state index contributed by atoms with van der Waals surface area (Å²) in [4.78, 5) is 0. The van der Waals surface area contributed by atoms with Gasteiger partial charge in [-0.05, 0) is 72.2 Å². The zero-order chi connectivity index (χ0) is 14.1. The van der Waals surface area contributed by atoms with E-state index in [4.69, 9.17) is 0 Å². The minimum atomic E-state index is 0.470. The molecule has 106 valence electrons. The number of rotatable bonds is 9. The van der Waals surface area contributed by atoms with Gasteiger partial charge in [-0.15, -0.1) is 6.58 Å². The molecule has 0 aromatic heterocycles. The Bertz CT molecular complexity index is 392. The summed E-state index contributed by atoms with van der Waals surface area (Å²) in [5.74, 6) is 0. The lowest BCUT2D eigenvalue weighted by Crippen LogP contribution is -2.21. The highest BCUT2D eigenvalue weighted by molar-refractivity contribution is 14.1. The molecule has 0 amide bonds. The summed E-state index contributed by atoms with van der Waals surface area (Å²) in [7, 11) is 0. The molecule has 0 fully saturated rings. The Morgan fingerprint density at radius 1 is 1.37 bits per heavy atom. The highest BCUT2D eigenvalue weighted by Gasteiger charge is 2.13. The Morgan fingerprint density at radius 2 is 2.16 bits per heavy atom. The Kier molecular flexibility index (Phi) is 8.99. The zero-order valence-corrected chi connectivity index (χ0v) is 15.3. The van der Waals surface area contributed by atoms with Crippen molar-refractivity contribution in [2.75, 3.05) is 6.54 Å². The van der Waals surface area contributed by atoms with Crippen LogP contribution >= 0.6 is 38.5 Å². The highest BCUT2D eigenvalue weighted by atomic mass is 127. The topological polar surface area (TPSA) is 12.0 Å². The number of nitrogens with one attached hydrogen (secondary N) is 1. The van der Waals surface area contributed by atoms with E-state index in [1.54, 1.807) is 0 Å². The second-order valence-corrected chi connectivity index (χ2v) is 6.78. The van der Waals surface area contributed by atoms with Gasteiger partial charge in [0, 0.05) is 14.1 Å². The minimum absolute atomic E-state index is 0.470. The zero-order valence-electron chi connectivity index (χ0n) is 11.6. The molecular formula is C16H23BrIN. The van der Waals surface area contributed by atoms with Crippen LogP contribution in [0.25, 0.3) is 0 Å². The van der Waals surface area contributed by atoms with E-state index >= 15 is 0 Å². The standard InChI is InChI=1S/C16H23BrIN/c1-3-5-6-7-8-9-16(19-4-2)14-12-13(17)10-11-15(14)18/h3,10-12,16,19H,1,4-9H2,2H3. The van der Waals surface area contributed by atoms with Crippen LogP contribution in [0, 0.1) is 3.57 Å². The number of halogens is 2. The SMILES string of the molecule is C=CCCCCCC(NCC)c1cc(Br)ccc1I. The lowest BCUT2D eigenvalue weighted by atomic mass is 10.00. The number of allylic oxidation sites excluding steroid dienone is 1. The summed E-state index contributed by atoms with van der Waals surface area (Å²) in [5, 5.41) is 3.61. The van der Waals surface area contributed by atoms with Crippen molar-refractivity contribution >= 4 is 38.5 Å². The first-order valence-corrected chi connectivity index (χ1v) is 8.85. The van der Waals surface area contributed by atoms with Crippen LogP contribution in [0.3, 0.4) is 0 Å². The highest BCUT2D eigenvalue weighted by Crippen LogP contribution is 2.27. The largest absolute Gasteiger partial charge is 0.310 e. The number of benzene rings is 1. The molecule has 0 heterocycles. The van der Waals surface area contributed by atoms with Gasteiger partial charge in [-0.3, -0.25) is 0 Å². The molecule has 0 spiro atoms. The number of hydrogen-bond acceptors (Lipinski definition) is 1. The summed E-state index contributed by atoms with van der Waals surface area (Å²) in [6.45, 7) is 6.96. The molecule has 0 aliphatic rings. The Hall–Kier alpha value is 0.130. The van der Waals surface area contributed by atoms with Crippen LogP contribution in [-0.2, 0) is 0 Å². The third-order valence-electron chi connectivity index (χ3n) is 3.19. The third-order valence-corrected chi connectivity index (χ3v) is 4.66. The van der Waals surface area contributed by atoms with E-state index in [0.717, 1.165) is 17.4 Å². The molecule has 1 aromatic carbocycles. The van der Waals surface area contributed by atoms with Gasteiger partial charge in [0.05, 0.1) is 0 Å². The molecular weight excluding hydrogens is 413 g/mol. The summed E-state index contributed by atoms with van der Waals surface area (Å²) in [6.07, 6.45) is 8.18. The molecule has 1 N–H and O–H groups in total. The van der Waals surface area contributed by atoms with E-state index in [2.05, 4.69) is 75.5 Å². The third kappa shape index (κ3) is 6.41. The fourth-order valence-corrected chi connectivity index (χ4v) is 3.30. The Morgan fingerprint density at radius 3 is 2.84 bits per heavy atom. The normalized spacial score (nSPS) is 12.4. The van der Waals surface area contributed by atoms with Crippen LogP contribution in [0.4, 0.5) is 0 Å².